The lowest BCUT2D eigenvalue weighted by Gasteiger charge is -2.37. The fourth-order valence-corrected chi connectivity index (χ4v) is 4.74. The molecule has 0 radical (unpaired) electrons. The molecule has 1 amide bonds. The van der Waals surface area contributed by atoms with Gasteiger partial charge in [0, 0.05) is 32.4 Å². The Bertz CT molecular complexity index is 609. The van der Waals surface area contributed by atoms with E-state index in [-0.39, 0.29) is 36.1 Å². The third kappa shape index (κ3) is 4.10. The topological polar surface area (TPSA) is 57.3 Å². The van der Waals surface area contributed by atoms with Gasteiger partial charge in [-0.1, -0.05) is 12.8 Å². The Morgan fingerprint density at radius 2 is 2.08 bits per heavy atom. The van der Waals surface area contributed by atoms with Crippen LogP contribution in [0.2, 0.25) is 0 Å². The lowest BCUT2D eigenvalue weighted by atomic mass is 9.67. The zero-order chi connectivity index (χ0) is 16.4. The Morgan fingerprint density at radius 3 is 2.88 bits per heavy atom. The number of hydrogen-bond donors (Lipinski definition) is 2. The first-order valence-electron chi connectivity index (χ1n) is 9.47. The predicted octanol–water partition coefficient (Wildman–Crippen LogP) is 2.92. The van der Waals surface area contributed by atoms with E-state index in [1.165, 1.54) is 32.1 Å². The molecule has 3 heterocycles. The summed E-state index contributed by atoms with van der Waals surface area (Å²) in [5.41, 5.74) is 0.984. The number of rotatable bonds is 4. The monoisotopic (exact) mass is 400 g/mol. The molecule has 26 heavy (non-hydrogen) atoms. The minimum atomic E-state index is -0.164. The summed E-state index contributed by atoms with van der Waals surface area (Å²) in [6, 6.07) is 4.15. The average Bonchev–Trinajstić information content (AvgIpc) is 3.29. The number of nitrogens with one attached hydrogen (secondary N) is 2. The largest absolute Gasteiger partial charge is 0.357 e. The highest BCUT2D eigenvalue weighted by molar-refractivity contribution is 5.85. The van der Waals surface area contributed by atoms with Crippen molar-refractivity contribution in [2.24, 2.45) is 11.3 Å². The second kappa shape index (κ2) is 9.25. The van der Waals surface area contributed by atoms with Crippen molar-refractivity contribution in [1.82, 2.24) is 15.6 Å². The van der Waals surface area contributed by atoms with Crippen LogP contribution in [0, 0.1) is 11.3 Å². The molecule has 146 valence electrons. The SMILES string of the molecule is Cl.Cl.O=C(NCc1ccnc(N2CCCC2)c1)[C@@]12CCCC[C@H]1CNC2. The van der Waals surface area contributed by atoms with Crippen LogP contribution in [-0.4, -0.2) is 37.1 Å². The van der Waals surface area contributed by atoms with Gasteiger partial charge in [-0.25, -0.2) is 4.98 Å². The molecule has 2 saturated heterocycles. The van der Waals surface area contributed by atoms with Gasteiger partial charge in [-0.05, 0) is 55.8 Å². The Balaban J connectivity index is 0.00000121. The van der Waals surface area contributed by atoms with Crippen LogP contribution in [0.25, 0.3) is 0 Å². The highest BCUT2D eigenvalue weighted by atomic mass is 35.5. The van der Waals surface area contributed by atoms with Gasteiger partial charge in [0.2, 0.25) is 5.91 Å². The second-order valence-corrected chi connectivity index (χ2v) is 7.63. The van der Waals surface area contributed by atoms with E-state index in [1.807, 2.05) is 12.3 Å². The first-order chi connectivity index (χ1) is 11.8. The molecule has 2 atom stereocenters. The fourth-order valence-electron chi connectivity index (χ4n) is 4.74. The summed E-state index contributed by atoms with van der Waals surface area (Å²) in [7, 11) is 0. The molecule has 3 fully saturated rings. The van der Waals surface area contributed by atoms with Gasteiger partial charge >= 0.3 is 0 Å². The minimum absolute atomic E-state index is 0. The zero-order valence-electron chi connectivity index (χ0n) is 15.2. The molecule has 0 spiro atoms. The number of nitrogens with zero attached hydrogens (tertiary/aromatic N) is 2. The predicted molar refractivity (Wildman–Crippen MR) is 109 cm³/mol. The molecule has 1 saturated carbocycles. The molecular formula is C19H30Cl2N4O. The van der Waals surface area contributed by atoms with Gasteiger partial charge in [0.1, 0.15) is 5.82 Å². The van der Waals surface area contributed by atoms with E-state index in [1.54, 1.807) is 0 Å². The summed E-state index contributed by atoms with van der Waals surface area (Å²) >= 11 is 0. The Labute approximate surface area is 168 Å². The number of hydrogen-bond acceptors (Lipinski definition) is 4. The van der Waals surface area contributed by atoms with E-state index in [9.17, 15) is 4.79 Å². The fraction of sp³-hybridized carbons (Fsp3) is 0.684. The van der Waals surface area contributed by atoms with Crippen LogP contribution in [0.4, 0.5) is 5.82 Å². The Morgan fingerprint density at radius 1 is 1.27 bits per heavy atom. The van der Waals surface area contributed by atoms with Crippen LogP contribution in [0.1, 0.15) is 44.1 Å². The number of carbonyl (C=O) groups is 1. The van der Waals surface area contributed by atoms with Gasteiger partial charge in [0.25, 0.3) is 0 Å². The van der Waals surface area contributed by atoms with Crippen molar-refractivity contribution in [3.63, 3.8) is 0 Å². The molecule has 1 aromatic heterocycles. The molecule has 1 aliphatic carbocycles. The van der Waals surface area contributed by atoms with Crippen molar-refractivity contribution in [1.29, 1.82) is 0 Å². The number of fused-ring (bicyclic) bond motifs is 1. The van der Waals surface area contributed by atoms with Crippen molar-refractivity contribution >= 4 is 36.5 Å². The molecule has 7 heteroatoms. The maximum absolute atomic E-state index is 12.9. The standard InChI is InChI=1S/C19H28N4O.2ClH/c24-18(19-7-2-1-5-16(19)13-20-14-19)22-12-15-6-8-21-17(11-15)23-9-3-4-10-23;;/h6,8,11,16,20H,1-5,7,9-10,12-14H2,(H,22,24);2*1H/t16-,19+;;/m0../s1. The second-order valence-electron chi connectivity index (χ2n) is 7.63. The van der Waals surface area contributed by atoms with Crippen LogP contribution < -0.4 is 15.5 Å². The highest BCUT2D eigenvalue weighted by Crippen LogP contribution is 2.43. The number of carbonyl (C=O) groups excluding carboxylic acids is 1. The van der Waals surface area contributed by atoms with E-state index in [0.29, 0.717) is 12.5 Å². The van der Waals surface area contributed by atoms with Crippen molar-refractivity contribution in [3.05, 3.63) is 23.9 Å². The molecule has 0 bridgehead atoms. The molecule has 4 rings (SSSR count). The van der Waals surface area contributed by atoms with Crippen LogP contribution in [0.15, 0.2) is 18.3 Å². The third-order valence-corrected chi connectivity index (χ3v) is 6.18. The summed E-state index contributed by atoms with van der Waals surface area (Å²) < 4.78 is 0. The van der Waals surface area contributed by atoms with E-state index in [4.69, 9.17) is 0 Å². The lowest BCUT2D eigenvalue weighted by molar-refractivity contribution is -0.134. The minimum Gasteiger partial charge on any atom is -0.357 e. The molecule has 2 aliphatic heterocycles. The molecular weight excluding hydrogens is 371 g/mol. The van der Waals surface area contributed by atoms with Gasteiger partial charge in [0.05, 0.1) is 5.41 Å². The van der Waals surface area contributed by atoms with Gasteiger partial charge in [-0.2, -0.15) is 0 Å². The van der Waals surface area contributed by atoms with Crippen LogP contribution >= 0.6 is 24.8 Å². The number of anilines is 1. The van der Waals surface area contributed by atoms with E-state index < -0.39 is 0 Å². The third-order valence-electron chi connectivity index (χ3n) is 6.18. The van der Waals surface area contributed by atoms with Crippen LogP contribution in [0.3, 0.4) is 0 Å². The summed E-state index contributed by atoms with van der Waals surface area (Å²) in [5, 5.41) is 6.68. The van der Waals surface area contributed by atoms with Gasteiger partial charge in [0.15, 0.2) is 0 Å². The molecule has 1 aromatic rings. The van der Waals surface area contributed by atoms with Crippen LogP contribution in [0.5, 0.6) is 0 Å². The lowest BCUT2D eigenvalue weighted by Crippen LogP contribution is -2.47. The summed E-state index contributed by atoms with van der Waals surface area (Å²) in [5.74, 6) is 1.82. The summed E-state index contributed by atoms with van der Waals surface area (Å²) in [6.45, 7) is 4.65. The molecule has 5 nitrogen and oxygen atoms in total. The van der Waals surface area contributed by atoms with E-state index in [2.05, 4.69) is 26.6 Å². The summed E-state index contributed by atoms with van der Waals surface area (Å²) in [4.78, 5) is 19.8. The molecule has 3 aliphatic rings. The first-order valence-corrected chi connectivity index (χ1v) is 9.47. The van der Waals surface area contributed by atoms with Crippen molar-refractivity contribution in [2.45, 2.75) is 45.1 Å². The highest BCUT2D eigenvalue weighted by Gasteiger charge is 2.49. The van der Waals surface area contributed by atoms with Crippen molar-refractivity contribution < 1.29 is 4.79 Å². The van der Waals surface area contributed by atoms with Crippen molar-refractivity contribution in [2.75, 3.05) is 31.1 Å². The van der Waals surface area contributed by atoms with E-state index in [0.717, 1.165) is 44.0 Å². The quantitative estimate of drug-likeness (QED) is 0.815. The van der Waals surface area contributed by atoms with E-state index >= 15 is 0 Å². The van der Waals surface area contributed by atoms with Gasteiger partial charge < -0.3 is 15.5 Å². The van der Waals surface area contributed by atoms with Gasteiger partial charge in [-0.15, -0.1) is 24.8 Å². The van der Waals surface area contributed by atoms with Gasteiger partial charge in [-0.3, -0.25) is 4.79 Å². The number of aromatic nitrogens is 1. The Kier molecular flexibility index (Phi) is 7.56. The normalized spacial score (nSPS) is 27.2. The smallest absolute Gasteiger partial charge is 0.228 e. The van der Waals surface area contributed by atoms with Crippen molar-refractivity contribution in [3.8, 4) is 0 Å². The molecule has 0 aromatic carbocycles. The molecule has 0 unspecified atom stereocenters. The maximum Gasteiger partial charge on any atom is 0.228 e. The molecule has 2 N–H and O–H groups in total. The maximum atomic E-state index is 12.9. The number of amides is 1. The van der Waals surface area contributed by atoms with Crippen LogP contribution in [-0.2, 0) is 11.3 Å². The average molecular weight is 401 g/mol. The zero-order valence-corrected chi connectivity index (χ0v) is 16.8. The number of pyridine rings is 1. The first kappa shape index (κ1) is 21.3. The summed E-state index contributed by atoms with van der Waals surface area (Å²) in [6.07, 6.45) is 9.04. The Hall–Kier alpha value is -1.04. The number of halogens is 2.